The van der Waals surface area contributed by atoms with Crippen LogP contribution in [-0.2, 0) is 14.3 Å². The molecule has 0 aromatic heterocycles. The molecule has 0 spiro atoms. The average molecular weight is 608 g/mol. The zero-order chi connectivity index (χ0) is 32.4. The van der Waals surface area contributed by atoms with Gasteiger partial charge in [0.05, 0.1) is 0 Å². The van der Waals surface area contributed by atoms with Crippen LogP contribution in [0.15, 0.2) is 85.0 Å². The van der Waals surface area contributed by atoms with E-state index in [0.717, 1.165) is 51.4 Å². The molecule has 0 fully saturated rings. The summed E-state index contributed by atoms with van der Waals surface area (Å²) in [5.41, 5.74) is -0.116. The van der Waals surface area contributed by atoms with E-state index in [2.05, 4.69) is 73.0 Å². The van der Waals surface area contributed by atoms with E-state index in [1.165, 1.54) is 12.1 Å². The summed E-state index contributed by atoms with van der Waals surface area (Å²) in [4.78, 5) is 37.4. The fourth-order valence-electron chi connectivity index (χ4n) is 4.20. The monoisotopic (exact) mass is 607 g/mol. The minimum atomic E-state index is -1.20. The molecule has 1 aromatic carbocycles. The molecular weight excluding hydrogens is 554 g/mol. The third-order valence-corrected chi connectivity index (χ3v) is 6.54. The van der Waals surface area contributed by atoms with E-state index < -0.39 is 24.1 Å². The number of carboxylic acids is 1. The van der Waals surface area contributed by atoms with Crippen molar-refractivity contribution in [2.24, 2.45) is 5.92 Å². The number of nitrogens with one attached hydrogen (secondary N) is 1. The molecule has 0 heterocycles. The zero-order valence-corrected chi connectivity index (χ0v) is 27.1. The van der Waals surface area contributed by atoms with Crippen molar-refractivity contribution in [2.45, 2.75) is 104 Å². The minimum absolute atomic E-state index is 0.0520. The predicted octanol–water partition coefficient (Wildman–Crippen LogP) is 8.54. The quantitative estimate of drug-likeness (QED) is 0.0559. The summed E-state index contributed by atoms with van der Waals surface area (Å²) >= 11 is 0. The van der Waals surface area contributed by atoms with Gasteiger partial charge in [0.2, 0.25) is 5.91 Å². The minimum Gasteiger partial charge on any atom is -0.478 e. The van der Waals surface area contributed by atoms with Crippen LogP contribution >= 0.6 is 0 Å². The van der Waals surface area contributed by atoms with E-state index in [1.807, 2.05) is 20.8 Å². The standard InChI is InChI=1S/C37H53NO6/c1-5-7-8-9-10-11-12-13-14-15-16-17-18-19-20-21-22-25-28-43-33(6-2)35(39)38-32(29-30(3)4)37(42)44-34-27-24-23-26-31(34)36(40)41/h7-8,10-11,13-14,16-17,19-20,23-24,26-27,30,32-33H,5-6,9,12,15,18,21-22,25,28-29H2,1-4H3,(H,38,39)(H,40,41)/b8-7-,11-10-,14-13-,17-16-,20-19-/t32-,33?/m0/s1. The highest BCUT2D eigenvalue weighted by atomic mass is 16.5. The first-order valence-corrected chi connectivity index (χ1v) is 16.0. The summed E-state index contributed by atoms with van der Waals surface area (Å²) < 4.78 is 11.2. The maximum Gasteiger partial charge on any atom is 0.339 e. The normalized spacial score (nSPS) is 13.6. The van der Waals surface area contributed by atoms with E-state index in [1.54, 1.807) is 12.1 Å². The summed E-state index contributed by atoms with van der Waals surface area (Å²) in [6.07, 6.45) is 29.6. The molecule has 1 aromatic rings. The highest BCUT2D eigenvalue weighted by Crippen LogP contribution is 2.19. The van der Waals surface area contributed by atoms with Crippen LogP contribution in [-0.4, -0.2) is 41.7 Å². The summed E-state index contributed by atoms with van der Waals surface area (Å²) in [7, 11) is 0. The van der Waals surface area contributed by atoms with Crippen LogP contribution in [0.2, 0.25) is 0 Å². The van der Waals surface area contributed by atoms with Crippen molar-refractivity contribution >= 4 is 17.8 Å². The Morgan fingerprint density at radius 1 is 0.818 bits per heavy atom. The molecule has 0 aliphatic heterocycles. The van der Waals surface area contributed by atoms with Gasteiger partial charge in [-0.15, -0.1) is 0 Å². The molecule has 242 valence electrons. The highest BCUT2D eigenvalue weighted by Gasteiger charge is 2.28. The maximum absolute atomic E-state index is 13.0. The first kappa shape index (κ1) is 38.3. The Labute approximate surface area is 264 Å². The molecule has 2 atom stereocenters. The molecule has 0 saturated carbocycles. The average Bonchev–Trinajstić information content (AvgIpc) is 2.99. The second kappa shape index (κ2) is 24.7. The van der Waals surface area contributed by atoms with Gasteiger partial charge in [0.25, 0.3) is 0 Å². The number of unbranched alkanes of at least 4 members (excludes halogenated alkanes) is 2. The summed E-state index contributed by atoms with van der Waals surface area (Å²) in [5, 5.41) is 12.1. The molecule has 7 heteroatoms. The van der Waals surface area contributed by atoms with E-state index in [0.29, 0.717) is 19.4 Å². The number of benzene rings is 1. The van der Waals surface area contributed by atoms with E-state index in [4.69, 9.17) is 9.47 Å². The SMILES string of the molecule is CC/C=C\C/C=C\C/C=C\C/C=C\C/C=C\CCCCOC(CC)C(=O)N[C@@H](CC(C)C)C(=O)Oc1ccccc1C(=O)O. The van der Waals surface area contributed by atoms with E-state index >= 15 is 0 Å². The van der Waals surface area contributed by atoms with Crippen LogP contribution < -0.4 is 10.1 Å². The fourth-order valence-corrected chi connectivity index (χ4v) is 4.20. The number of para-hydroxylation sites is 1. The summed E-state index contributed by atoms with van der Waals surface area (Å²) in [5.74, 6) is -2.23. The topological polar surface area (TPSA) is 102 Å². The van der Waals surface area contributed by atoms with Crippen LogP contribution in [0.5, 0.6) is 5.75 Å². The molecule has 0 bridgehead atoms. The van der Waals surface area contributed by atoms with Crippen LogP contribution in [0.4, 0.5) is 0 Å². The molecule has 1 unspecified atom stereocenters. The second-order valence-corrected chi connectivity index (χ2v) is 10.9. The van der Waals surface area contributed by atoms with Gasteiger partial charge < -0.3 is 19.9 Å². The number of esters is 1. The van der Waals surface area contributed by atoms with Crippen molar-refractivity contribution in [3.05, 3.63) is 90.6 Å². The lowest BCUT2D eigenvalue weighted by molar-refractivity contribution is -0.143. The second-order valence-electron chi connectivity index (χ2n) is 10.9. The van der Waals surface area contributed by atoms with Gasteiger partial charge in [-0.1, -0.05) is 101 Å². The van der Waals surface area contributed by atoms with Crippen molar-refractivity contribution in [1.29, 1.82) is 0 Å². The molecule has 0 aliphatic carbocycles. The van der Waals surface area contributed by atoms with Crippen LogP contribution in [0.1, 0.15) is 102 Å². The van der Waals surface area contributed by atoms with Gasteiger partial charge in [-0.2, -0.15) is 0 Å². The molecule has 1 rings (SSSR count). The van der Waals surface area contributed by atoms with Crippen molar-refractivity contribution < 1.29 is 29.0 Å². The van der Waals surface area contributed by atoms with E-state index in [9.17, 15) is 19.5 Å². The molecule has 0 radical (unpaired) electrons. The summed E-state index contributed by atoms with van der Waals surface area (Å²) in [6.45, 7) is 8.32. The largest absolute Gasteiger partial charge is 0.478 e. The van der Waals surface area contributed by atoms with Crippen molar-refractivity contribution in [2.75, 3.05) is 6.61 Å². The van der Waals surface area contributed by atoms with Gasteiger partial charge in [-0.05, 0) is 82.3 Å². The Morgan fingerprint density at radius 3 is 1.93 bits per heavy atom. The van der Waals surface area contributed by atoms with Gasteiger partial charge in [0.15, 0.2) is 0 Å². The predicted molar refractivity (Wildman–Crippen MR) is 179 cm³/mol. The molecular formula is C37H53NO6. The van der Waals surface area contributed by atoms with Gasteiger partial charge in [0, 0.05) is 6.61 Å². The zero-order valence-electron chi connectivity index (χ0n) is 27.1. The van der Waals surface area contributed by atoms with E-state index in [-0.39, 0.29) is 23.1 Å². The summed E-state index contributed by atoms with van der Waals surface area (Å²) in [6, 6.07) is 5.02. The van der Waals surface area contributed by atoms with Crippen LogP contribution in [0.3, 0.4) is 0 Å². The lowest BCUT2D eigenvalue weighted by Crippen LogP contribution is -2.48. The number of hydrogen-bond acceptors (Lipinski definition) is 5. The van der Waals surface area contributed by atoms with Gasteiger partial charge in [-0.25, -0.2) is 9.59 Å². The number of hydrogen-bond donors (Lipinski definition) is 2. The Hall–Kier alpha value is -3.71. The molecule has 1 amide bonds. The van der Waals surface area contributed by atoms with Gasteiger partial charge in [-0.3, -0.25) is 4.79 Å². The number of carbonyl (C=O) groups is 3. The lowest BCUT2D eigenvalue weighted by Gasteiger charge is -2.23. The fraction of sp³-hybridized carbons (Fsp3) is 0.486. The van der Waals surface area contributed by atoms with Crippen molar-refractivity contribution in [1.82, 2.24) is 5.32 Å². The van der Waals surface area contributed by atoms with Crippen molar-refractivity contribution in [3.8, 4) is 5.75 Å². The first-order valence-electron chi connectivity index (χ1n) is 16.0. The van der Waals surface area contributed by atoms with Gasteiger partial charge in [0.1, 0.15) is 23.5 Å². The number of rotatable bonds is 23. The number of carboxylic acid groups (broad SMARTS) is 1. The van der Waals surface area contributed by atoms with Gasteiger partial charge >= 0.3 is 11.9 Å². The Bertz CT molecular complexity index is 1110. The Morgan fingerprint density at radius 2 is 1.39 bits per heavy atom. The molecule has 2 N–H and O–H groups in total. The van der Waals surface area contributed by atoms with Crippen LogP contribution in [0.25, 0.3) is 0 Å². The molecule has 0 aliphatic rings. The maximum atomic E-state index is 13.0. The molecule has 0 saturated heterocycles. The number of amides is 1. The number of carbonyl (C=O) groups excluding carboxylic acids is 2. The smallest absolute Gasteiger partial charge is 0.339 e. The Balaban J connectivity index is 2.35. The van der Waals surface area contributed by atoms with Crippen LogP contribution in [0, 0.1) is 5.92 Å². The number of allylic oxidation sites excluding steroid dienone is 10. The highest BCUT2D eigenvalue weighted by molar-refractivity contribution is 5.93. The molecule has 7 nitrogen and oxygen atoms in total. The third-order valence-electron chi connectivity index (χ3n) is 6.54. The molecule has 44 heavy (non-hydrogen) atoms. The first-order chi connectivity index (χ1) is 21.3. The number of ether oxygens (including phenoxy) is 2. The lowest BCUT2D eigenvalue weighted by atomic mass is 10.0. The number of aromatic carboxylic acids is 1. The van der Waals surface area contributed by atoms with Crippen molar-refractivity contribution in [3.63, 3.8) is 0 Å². The Kier molecular flexibility index (Phi) is 21.5. The third kappa shape index (κ3) is 18.1.